The Morgan fingerprint density at radius 1 is 0.962 bits per heavy atom. The summed E-state index contributed by atoms with van der Waals surface area (Å²) >= 11 is 1.82. The Morgan fingerprint density at radius 3 is 2.46 bits per heavy atom. The van der Waals surface area contributed by atoms with Gasteiger partial charge in [0.1, 0.15) is 0 Å². The van der Waals surface area contributed by atoms with Crippen molar-refractivity contribution >= 4 is 23.6 Å². The van der Waals surface area contributed by atoms with E-state index in [9.17, 15) is 4.79 Å². The predicted molar refractivity (Wildman–Crippen MR) is 109 cm³/mol. The third-order valence-corrected chi connectivity index (χ3v) is 5.67. The second-order valence-electron chi connectivity index (χ2n) is 6.31. The Labute approximate surface area is 157 Å². The smallest absolute Gasteiger partial charge is 0.167 e. The number of carbonyl (C=O) groups is 1. The van der Waals surface area contributed by atoms with Gasteiger partial charge in [0.25, 0.3) is 0 Å². The van der Waals surface area contributed by atoms with E-state index in [0.717, 1.165) is 34.2 Å². The number of nitrogens with zero attached hydrogens (tertiary/aromatic N) is 1. The molecule has 128 valence electrons. The van der Waals surface area contributed by atoms with Crippen molar-refractivity contribution in [3.63, 3.8) is 0 Å². The van der Waals surface area contributed by atoms with Gasteiger partial charge in [0, 0.05) is 27.9 Å². The van der Waals surface area contributed by atoms with E-state index in [1.165, 1.54) is 10.5 Å². The molecule has 2 heterocycles. The van der Waals surface area contributed by atoms with Crippen LogP contribution in [-0.4, -0.2) is 10.7 Å². The van der Waals surface area contributed by atoms with Crippen LogP contribution in [-0.2, 0) is 5.75 Å². The fourth-order valence-electron chi connectivity index (χ4n) is 3.19. The molecular formula is C23H19NOS. The fraction of sp³-hybridized carbons (Fsp3) is 0.0870. The molecule has 0 radical (unpaired) electrons. The average molecular weight is 357 g/mol. The molecule has 0 aliphatic rings. The van der Waals surface area contributed by atoms with Gasteiger partial charge in [0.2, 0.25) is 0 Å². The Bertz CT molecular complexity index is 1050. The number of aldehydes is 1. The third-order valence-electron chi connectivity index (χ3n) is 4.59. The van der Waals surface area contributed by atoms with Gasteiger partial charge in [-0.25, -0.2) is 0 Å². The van der Waals surface area contributed by atoms with Crippen LogP contribution in [0.25, 0.3) is 16.6 Å². The Balaban J connectivity index is 1.62. The summed E-state index contributed by atoms with van der Waals surface area (Å²) in [6, 6.07) is 25.1. The number of thioether (sulfide) groups is 1. The van der Waals surface area contributed by atoms with E-state index in [1.54, 1.807) is 0 Å². The Morgan fingerprint density at radius 2 is 1.73 bits per heavy atom. The van der Waals surface area contributed by atoms with Crippen LogP contribution >= 0.6 is 11.8 Å². The normalized spacial score (nSPS) is 11.0. The molecule has 0 saturated carbocycles. The first kappa shape index (κ1) is 16.7. The van der Waals surface area contributed by atoms with Crippen molar-refractivity contribution in [2.45, 2.75) is 17.6 Å². The largest absolute Gasteiger partial charge is 0.313 e. The topological polar surface area (TPSA) is 21.5 Å². The monoisotopic (exact) mass is 357 g/mol. The molecule has 0 atom stereocenters. The molecule has 0 saturated heterocycles. The number of rotatable bonds is 5. The highest BCUT2D eigenvalue weighted by atomic mass is 32.2. The summed E-state index contributed by atoms with van der Waals surface area (Å²) in [7, 11) is 0. The molecule has 0 spiro atoms. The van der Waals surface area contributed by atoms with Crippen LogP contribution < -0.4 is 0 Å². The predicted octanol–water partition coefficient (Wildman–Crippen LogP) is 6.02. The third kappa shape index (κ3) is 3.18. The molecule has 0 unspecified atom stereocenters. The lowest BCUT2D eigenvalue weighted by molar-refractivity contribution is 0.111. The highest BCUT2D eigenvalue weighted by molar-refractivity contribution is 7.98. The van der Waals surface area contributed by atoms with Crippen molar-refractivity contribution < 1.29 is 4.79 Å². The van der Waals surface area contributed by atoms with Gasteiger partial charge in [-0.1, -0.05) is 48.5 Å². The molecule has 0 aliphatic carbocycles. The number of hydrogen-bond donors (Lipinski definition) is 0. The summed E-state index contributed by atoms with van der Waals surface area (Å²) in [5.41, 5.74) is 6.31. The number of aromatic nitrogens is 1. The maximum Gasteiger partial charge on any atom is 0.167 e. The molecule has 2 aromatic heterocycles. The molecule has 0 bridgehead atoms. The number of pyridine rings is 1. The van der Waals surface area contributed by atoms with E-state index in [2.05, 4.69) is 67.6 Å². The first-order valence-corrected chi connectivity index (χ1v) is 9.58. The van der Waals surface area contributed by atoms with E-state index in [1.807, 2.05) is 34.5 Å². The second kappa shape index (κ2) is 7.22. The van der Waals surface area contributed by atoms with E-state index in [4.69, 9.17) is 0 Å². The van der Waals surface area contributed by atoms with Crippen LogP contribution in [0.4, 0.5) is 0 Å². The minimum absolute atomic E-state index is 0.702. The molecule has 26 heavy (non-hydrogen) atoms. The number of carbonyl (C=O) groups excluding carboxylic acids is 1. The SMILES string of the molecule is Cc1cccn2c(C=O)c(-c3ccc(SCc4ccccc4)cc3)cc12. The van der Waals surface area contributed by atoms with Crippen molar-refractivity contribution in [3.05, 3.63) is 95.8 Å². The van der Waals surface area contributed by atoms with E-state index < -0.39 is 0 Å². The van der Waals surface area contributed by atoms with Crippen LogP contribution in [0.3, 0.4) is 0 Å². The van der Waals surface area contributed by atoms with Gasteiger partial charge < -0.3 is 4.40 Å². The van der Waals surface area contributed by atoms with Gasteiger partial charge >= 0.3 is 0 Å². The van der Waals surface area contributed by atoms with E-state index in [0.29, 0.717) is 5.69 Å². The summed E-state index contributed by atoms with van der Waals surface area (Å²) in [5, 5.41) is 0. The number of aryl methyl sites for hydroxylation is 1. The average Bonchev–Trinajstić information content (AvgIpc) is 3.07. The molecule has 4 aromatic rings. The van der Waals surface area contributed by atoms with Crippen molar-refractivity contribution in [1.82, 2.24) is 4.40 Å². The summed E-state index contributed by atoms with van der Waals surface area (Å²) < 4.78 is 1.97. The molecule has 2 nitrogen and oxygen atoms in total. The minimum Gasteiger partial charge on any atom is -0.313 e. The summed E-state index contributed by atoms with van der Waals surface area (Å²) in [6.07, 6.45) is 2.89. The lowest BCUT2D eigenvalue weighted by Gasteiger charge is -2.05. The first-order valence-electron chi connectivity index (χ1n) is 8.59. The maximum atomic E-state index is 11.7. The van der Waals surface area contributed by atoms with Gasteiger partial charge in [-0.05, 0) is 47.9 Å². The first-order chi connectivity index (χ1) is 12.8. The van der Waals surface area contributed by atoms with Gasteiger partial charge in [-0.3, -0.25) is 4.79 Å². The van der Waals surface area contributed by atoms with Crippen molar-refractivity contribution in [3.8, 4) is 11.1 Å². The summed E-state index contributed by atoms with van der Waals surface area (Å²) in [4.78, 5) is 12.9. The van der Waals surface area contributed by atoms with Crippen molar-refractivity contribution in [1.29, 1.82) is 0 Å². The zero-order valence-corrected chi connectivity index (χ0v) is 15.4. The molecule has 0 fully saturated rings. The molecule has 4 rings (SSSR count). The number of fused-ring (bicyclic) bond motifs is 1. The minimum atomic E-state index is 0.702. The lowest BCUT2D eigenvalue weighted by atomic mass is 10.1. The van der Waals surface area contributed by atoms with Crippen LogP contribution in [0.1, 0.15) is 21.6 Å². The van der Waals surface area contributed by atoms with Crippen LogP contribution in [0, 0.1) is 6.92 Å². The number of hydrogen-bond acceptors (Lipinski definition) is 2. The summed E-state index contributed by atoms with van der Waals surface area (Å²) in [6.45, 7) is 2.07. The standard InChI is InChI=1S/C23H19NOS/c1-17-6-5-13-24-22(17)14-21(23(24)15-25)19-9-11-20(12-10-19)26-16-18-7-3-2-4-8-18/h2-15H,16H2,1H3. The highest BCUT2D eigenvalue weighted by Gasteiger charge is 2.12. The van der Waals surface area contributed by atoms with Crippen molar-refractivity contribution in [2.75, 3.05) is 0 Å². The van der Waals surface area contributed by atoms with Crippen molar-refractivity contribution in [2.24, 2.45) is 0 Å². The molecule has 2 aromatic carbocycles. The fourth-order valence-corrected chi connectivity index (χ4v) is 4.04. The molecule has 0 amide bonds. The molecular weight excluding hydrogens is 338 g/mol. The highest BCUT2D eigenvalue weighted by Crippen LogP contribution is 2.30. The van der Waals surface area contributed by atoms with Crippen LogP contribution in [0.2, 0.25) is 0 Å². The van der Waals surface area contributed by atoms with Gasteiger partial charge in [0.05, 0.1) is 5.69 Å². The second-order valence-corrected chi connectivity index (χ2v) is 7.35. The molecule has 3 heteroatoms. The molecule has 0 N–H and O–H groups in total. The zero-order valence-electron chi connectivity index (χ0n) is 14.6. The van der Waals surface area contributed by atoms with Gasteiger partial charge in [0.15, 0.2) is 6.29 Å². The van der Waals surface area contributed by atoms with E-state index >= 15 is 0 Å². The maximum absolute atomic E-state index is 11.7. The van der Waals surface area contributed by atoms with Crippen LogP contribution in [0.5, 0.6) is 0 Å². The Kier molecular flexibility index (Phi) is 4.63. The van der Waals surface area contributed by atoms with Gasteiger partial charge in [-0.15, -0.1) is 11.8 Å². The quantitative estimate of drug-likeness (QED) is 0.322. The van der Waals surface area contributed by atoms with Gasteiger partial charge in [-0.2, -0.15) is 0 Å². The summed E-state index contributed by atoms with van der Waals surface area (Å²) in [5.74, 6) is 0.953. The molecule has 0 aliphatic heterocycles. The number of benzene rings is 2. The van der Waals surface area contributed by atoms with E-state index in [-0.39, 0.29) is 0 Å². The van der Waals surface area contributed by atoms with Crippen LogP contribution in [0.15, 0.2) is 83.9 Å². The lowest BCUT2D eigenvalue weighted by Crippen LogP contribution is -1.92. The Hall–Kier alpha value is -2.78. The zero-order chi connectivity index (χ0) is 17.9.